The Morgan fingerprint density at radius 3 is 2.61 bits per heavy atom. The molecular formula is C21H27N3O4. The summed E-state index contributed by atoms with van der Waals surface area (Å²) in [6.07, 6.45) is 2.61. The molecule has 1 aliphatic heterocycles. The van der Waals surface area contributed by atoms with Crippen molar-refractivity contribution in [1.29, 1.82) is 0 Å². The molecule has 0 radical (unpaired) electrons. The molecule has 0 atom stereocenters. The fraction of sp³-hybridized carbons (Fsp3) is 0.429. The number of carbonyl (C=O) groups excluding carboxylic acids is 2. The monoisotopic (exact) mass is 385 g/mol. The van der Waals surface area contributed by atoms with Crippen molar-refractivity contribution in [3.63, 3.8) is 0 Å². The van der Waals surface area contributed by atoms with Gasteiger partial charge in [0.25, 0.3) is 5.91 Å². The molecule has 3 rings (SSSR count). The van der Waals surface area contributed by atoms with Crippen LogP contribution < -0.4 is 10.1 Å². The van der Waals surface area contributed by atoms with Crippen LogP contribution in [-0.4, -0.2) is 68.0 Å². The van der Waals surface area contributed by atoms with Gasteiger partial charge in [-0.1, -0.05) is 18.2 Å². The SMILES string of the molecule is COc1ccccc1CCC(=O)NCCN1CCN(C(=O)c2ccco2)CC1. The van der Waals surface area contributed by atoms with Gasteiger partial charge < -0.3 is 19.4 Å². The van der Waals surface area contributed by atoms with Gasteiger partial charge in [0.15, 0.2) is 5.76 Å². The minimum Gasteiger partial charge on any atom is -0.496 e. The van der Waals surface area contributed by atoms with Crippen molar-refractivity contribution in [3.05, 3.63) is 54.0 Å². The van der Waals surface area contributed by atoms with Gasteiger partial charge in [-0.3, -0.25) is 14.5 Å². The van der Waals surface area contributed by atoms with E-state index in [1.54, 1.807) is 24.1 Å². The highest BCUT2D eigenvalue weighted by Gasteiger charge is 2.23. The molecule has 7 nitrogen and oxygen atoms in total. The number of nitrogens with one attached hydrogen (secondary N) is 1. The fourth-order valence-corrected chi connectivity index (χ4v) is 3.33. The van der Waals surface area contributed by atoms with Crippen molar-refractivity contribution in [2.75, 3.05) is 46.4 Å². The number of ether oxygens (including phenoxy) is 1. The third kappa shape index (κ3) is 5.36. The Bertz CT molecular complexity index is 768. The largest absolute Gasteiger partial charge is 0.496 e. The normalized spacial score (nSPS) is 14.7. The Morgan fingerprint density at radius 2 is 1.89 bits per heavy atom. The molecule has 1 aromatic carbocycles. The highest BCUT2D eigenvalue weighted by molar-refractivity contribution is 5.91. The molecule has 1 aromatic heterocycles. The molecule has 0 saturated carbocycles. The molecule has 0 unspecified atom stereocenters. The predicted molar refractivity (Wildman–Crippen MR) is 105 cm³/mol. The summed E-state index contributed by atoms with van der Waals surface area (Å²) in [5.41, 5.74) is 1.04. The van der Waals surface area contributed by atoms with Gasteiger partial charge in [-0.15, -0.1) is 0 Å². The van der Waals surface area contributed by atoms with Gasteiger partial charge in [0, 0.05) is 45.7 Å². The summed E-state index contributed by atoms with van der Waals surface area (Å²) in [6, 6.07) is 11.2. The van der Waals surface area contributed by atoms with Gasteiger partial charge in [-0.05, 0) is 30.2 Å². The van der Waals surface area contributed by atoms with Crippen LogP contribution in [0.1, 0.15) is 22.5 Å². The first-order chi connectivity index (χ1) is 13.7. The molecular weight excluding hydrogens is 358 g/mol. The first-order valence-electron chi connectivity index (χ1n) is 9.61. The molecule has 1 fully saturated rings. The number of para-hydroxylation sites is 1. The maximum Gasteiger partial charge on any atom is 0.289 e. The van der Waals surface area contributed by atoms with Crippen LogP contribution in [0.25, 0.3) is 0 Å². The molecule has 28 heavy (non-hydrogen) atoms. The second-order valence-corrected chi connectivity index (χ2v) is 6.77. The zero-order chi connectivity index (χ0) is 19.8. The summed E-state index contributed by atoms with van der Waals surface area (Å²) in [5, 5.41) is 2.98. The van der Waals surface area contributed by atoms with E-state index < -0.39 is 0 Å². The van der Waals surface area contributed by atoms with Crippen LogP contribution >= 0.6 is 0 Å². The van der Waals surface area contributed by atoms with E-state index >= 15 is 0 Å². The maximum atomic E-state index is 12.3. The molecule has 2 aromatic rings. The van der Waals surface area contributed by atoms with Gasteiger partial charge >= 0.3 is 0 Å². The van der Waals surface area contributed by atoms with E-state index in [2.05, 4.69) is 10.2 Å². The van der Waals surface area contributed by atoms with E-state index in [1.807, 2.05) is 24.3 Å². The van der Waals surface area contributed by atoms with Gasteiger partial charge in [-0.2, -0.15) is 0 Å². The molecule has 150 valence electrons. The molecule has 1 N–H and O–H groups in total. The number of nitrogens with zero attached hydrogens (tertiary/aromatic N) is 2. The number of methoxy groups -OCH3 is 1. The van der Waals surface area contributed by atoms with Crippen molar-refractivity contribution in [1.82, 2.24) is 15.1 Å². The number of piperazine rings is 1. The Labute approximate surface area is 165 Å². The zero-order valence-corrected chi connectivity index (χ0v) is 16.2. The van der Waals surface area contributed by atoms with Gasteiger partial charge in [0.1, 0.15) is 5.75 Å². The van der Waals surface area contributed by atoms with Gasteiger partial charge in [0.05, 0.1) is 13.4 Å². The van der Waals surface area contributed by atoms with Crippen LogP contribution in [-0.2, 0) is 11.2 Å². The summed E-state index contributed by atoms with van der Waals surface area (Å²) >= 11 is 0. The van der Waals surface area contributed by atoms with Crippen molar-refractivity contribution in [3.8, 4) is 5.75 Å². The smallest absolute Gasteiger partial charge is 0.289 e. The lowest BCUT2D eigenvalue weighted by atomic mass is 10.1. The number of benzene rings is 1. The summed E-state index contributed by atoms with van der Waals surface area (Å²) in [5.74, 6) is 1.18. The van der Waals surface area contributed by atoms with Crippen LogP contribution in [0, 0.1) is 0 Å². The average molecular weight is 385 g/mol. The third-order valence-corrected chi connectivity index (χ3v) is 4.96. The molecule has 0 bridgehead atoms. The highest BCUT2D eigenvalue weighted by atomic mass is 16.5. The lowest BCUT2D eigenvalue weighted by Gasteiger charge is -2.34. The zero-order valence-electron chi connectivity index (χ0n) is 16.2. The third-order valence-electron chi connectivity index (χ3n) is 4.96. The molecule has 0 spiro atoms. The van der Waals surface area contributed by atoms with Crippen molar-refractivity contribution >= 4 is 11.8 Å². The number of amides is 2. The quantitative estimate of drug-likeness (QED) is 0.750. The van der Waals surface area contributed by atoms with E-state index in [1.165, 1.54) is 6.26 Å². The molecule has 1 aliphatic rings. The Hall–Kier alpha value is -2.80. The summed E-state index contributed by atoms with van der Waals surface area (Å²) in [6.45, 7) is 4.32. The first-order valence-corrected chi connectivity index (χ1v) is 9.61. The van der Waals surface area contributed by atoms with Gasteiger partial charge in [0.2, 0.25) is 5.91 Å². The summed E-state index contributed by atoms with van der Waals surface area (Å²) in [7, 11) is 1.64. The number of furan rings is 1. The average Bonchev–Trinajstić information content (AvgIpc) is 3.27. The Kier molecular flexibility index (Phi) is 7.08. The van der Waals surface area contributed by atoms with Crippen molar-refractivity contribution in [2.45, 2.75) is 12.8 Å². The fourth-order valence-electron chi connectivity index (χ4n) is 3.33. The number of carbonyl (C=O) groups is 2. The van der Waals surface area contributed by atoms with Crippen molar-refractivity contribution in [2.24, 2.45) is 0 Å². The summed E-state index contributed by atoms with van der Waals surface area (Å²) in [4.78, 5) is 28.4. The Morgan fingerprint density at radius 1 is 1.11 bits per heavy atom. The second kappa shape index (κ2) is 9.94. The molecule has 0 aliphatic carbocycles. The first kappa shape index (κ1) is 19.9. The highest BCUT2D eigenvalue weighted by Crippen LogP contribution is 2.18. The van der Waals surface area contributed by atoms with E-state index in [4.69, 9.17) is 9.15 Å². The lowest BCUT2D eigenvalue weighted by molar-refractivity contribution is -0.121. The molecule has 7 heteroatoms. The van der Waals surface area contributed by atoms with Crippen LogP contribution in [0.2, 0.25) is 0 Å². The van der Waals surface area contributed by atoms with Crippen LogP contribution in [0.4, 0.5) is 0 Å². The van der Waals surface area contributed by atoms with Crippen LogP contribution in [0.15, 0.2) is 47.1 Å². The van der Waals surface area contributed by atoms with E-state index in [0.29, 0.717) is 38.2 Å². The number of hydrogen-bond acceptors (Lipinski definition) is 5. The Balaban J connectivity index is 1.32. The molecule has 2 heterocycles. The van der Waals surface area contributed by atoms with Crippen molar-refractivity contribution < 1.29 is 18.7 Å². The number of rotatable bonds is 8. The summed E-state index contributed by atoms with van der Waals surface area (Å²) < 4.78 is 10.5. The van der Waals surface area contributed by atoms with Crippen LogP contribution in [0.5, 0.6) is 5.75 Å². The maximum absolute atomic E-state index is 12.3. The molecule has 1 saturated heterocycles. The van der Waals surface area contributed by atoms with E-state index in [0.717, 1.165) is 30.9 Å². The second-order valence-electron chi connectivity index (χ2n) is 6.77. The standard InChI is InChI=1S/C21H27N3O4/c1-27-18-6-3-2-5-17(18)8-9-20(25)22-10-11-23-12-14-24(15-13-23)21(26)19-7-4-16-28-19/h2-7,16H,8-15H2,1H3,(H,22,25). The lowest BCUT2D eigenvalue weighted by Crippen LogP contribution is -2.50. The van der Waals surface area contributed by atoms with Gasteiger partial charge in [-0.25, -0.2) is 0 Å². The van der Waals surface area contributed by atoms with E-state index in [9.17, 15) is 9.59 Å². The van der Waals surface area contributed by atoms with E-state index in [-0.39, 0.29) is 11.8 Å². The number of aryl methyl sites for hydroxylation is 1. The predicted octanol–water partition coefficient (Wildman–Crippen LogP) is 1.79. The minimum absolute atomic E-state index is 0.0394. The molecule has 2 amide bonds. The topological polar surface area (TPSA) is 75.0 Å². The van der Waals surface area contributed by atoms with Crippen LogP contribution in [0.3, 0.4) is 0 Å². The minimum atomic E-state index is -0.0608. The number of hydrogen-bond donors (Lipinski definition) is 1.